The van der Waals surface area contributed by atoms with Gasteiger partial charge in [-0.1, -0.05) is 0 Å². The maximum Gasteiger partial charge on any atom is 0.275 e. The summed E-state index contributed by atoms with van der Waals surface area (Å²) < 4.78 is 4.97. The van der Waals surface area contributed by atoms with Crippen LogP contribution >= 0.6 is 0 Å². The Bertz CT molecular complexity index is 845. The third-order valence-corrected chi connectivity index (χ3v) is 3.54. The molecule has 0 atom stereocenters. The highest BCUT2D eigenvalue weighted by molar-refractivity contribution is 5.78. The Hall–Kier alpha value is -2.83. The number of rotatable bonds is 5. The zero-order valence-electron chi connectivity index (χ0n) is 12.3. The Balaban J connectivity index is 1.62. The number of nitrogens with zero attached hydrogens (tertiary/aromatic N) is 4. The van der Waals surface area contributed by atoms with Gasteiger partial charge in [-0.15, -0.1) is 0 Å². The first-order valence-electron chi connectivity index (χ1n) is 7.04. The Morgan fingerprint density at radius 1 is 1.27 bits per heavy atom. The smallest absolute Gasteiger partial charge is 0.275 e. The van der Waals surface area contributed by atoms with Gasteiger partial charge in [-0.05, 0) is 18.2 Å². The van der Waals surface area contributed by atoms with Gasteiger partial charge in [0.25, 0.3) is 5.56 Å². The van der Waals surface area contributed by atoms with Gasteiger partial charge in [0.1, 0.15) is 12.1 Å². The molecular weight excluding hydrogens is 282 g/mol. The lowest BCUT2D eigenvalue weighted by atomic mass is 10.3. The molecule has 0 aliphatic heterocycles. The summed E-state index contributed by atoms with van der Waals surface area (Å²) in [5.74, 6) is -0.128. The molecule has 0 aromatic carbocycles. The summed E-state index contributed by atoms with van der Waals surface area (Å²) >= 11 is 0. The second kappa shape index (κ2) is 5.88. The molecule has 3 rings (SSSR count). The van der Waals surface area contributed by atoms with Gasteiger partial charge in [0.2, 0.25) is 5.91 Å². The molecule has 0 fully saturated rings. The maximum atomic E-state index is 12.4. The topological polar surface area (TPSA) is 73.8 Å². The first-order chi connectivity index (χ1) is 10.6. The number of carbonyl (C=O) groups excluding carboxylic acids is 1. The van der Waals surface area contributed by atoms with Crippen molar-refractivity contribution in [1.29, 1.82) is 0 Å². The minimum atomic E-state index is -0.128. The molecule has 114 valence electrons. The first-order valence-corrected chi connectivity index (χ1v) is 7.04. The first kappa shape index (κ1) is 14.1. The van der Waals surface area contributed by atoms with Crippen molar-refractivity contribution < 1.29 is 4.79 Å². The average Bonchev–Trinajstić information content (AvgIpc) is 3.12. The summed E-state index contributed by atoms with van der Waals surface area (Å²) in [4.78, 5) is 24.1. The van der Waals surface area contributed by atoms with Gasteiger partial charge in [-0.3, -0.25) is 14.3 Å². The van der Waals surface area contributed by atoms with Crippen LogP contribution in [0, 0.1) is 0 Å². The number of hydrogen-bond acceptors (Lipinski definition) is 3. The second-order valence-electron chi connectivity index (χ2n) is 5.10. The normalized spacial score (nSPS) is 11.0. The highest BCUT2D eigenvalue weighted by Gasteiger charge is 2.07. The molecule has 0 spiro atoms. The lowest BCUT2D eigenvalue weighted by Gasteiger charge is -2.08. The lowest BCUT2D eigenvalue weighted by molar-refractivity contribution is -0.121. The summed E-state index contributed by atoms with van der Waals surface area (Å²) in [6.45, 7) is 1.01. The number of aromatic nitrogens is 4. The summed E-state index contributed by atoms with van der Waals surface area (Å²) in [5, 5.41) is 7.68. The Labute approximate surface area is 126 Å². The van der Waals surface area contributed by atoms with E-state index in [1.54, 1.807) is 33.9 Å². The van der Waals surface area contributed by atoms with Gasteiger partial charge < -0.3 is 14.5 Å². The van der Waals surface area contributed by atoms with E-state index in [0.29, 0.717) is 18.6 Å². The van der Waals surface area contributed by atoms with Gasteiger partial charge in [-0.25, -0.2) is 0 Å². The van der Waals surface area contributed by atoms with Crippen molar-refractivity contribution in [2.75, 3.05) is 6.54 Å². The van der Waals surface area contributed by atoms with Crippen LogP contribution in [0.25, 0.3) is 10.9 Å². The number of carbonyl (C=O) groups is 1. The van der Waals surface area contributed by atoms with E-state index in [2.05, 4.69) is 10.4 Å². The number of amides is 1. The fraction of sp³-hybridized carbons (Fsp3) is 0.267. The van der Waals surface area contributed by atoms with Crippen LogP contribution in [0.2, 0.25) is 0 Å². The quantitative estimate of drug-likeness (QED) is 0.739. The van der Waals surface area contributed by atoms with Crippen molar-refractivity contribution >= 4 is 16.8 Å². The van der Waals surface area contributed by atoms with Gasteiger partial charge in [-0.2, -0.15) is 5.10 Å². The average molecular weight is 299 g/mol. The minimum Gasteiger partial charge on any atom is -0.353 e. The summed E-state index contributed by atoms with van der Waals surface area (Å²) in [7, 11) is 1.85. The number of aryl methyl sites for hydroxylation is 1. The van der Waals surface area contributed by atoms with Crippen LogP contribution in [0.15, 0.2) is 47.8 Å². The number of fused-ring (bicyclic) bond motifs is 1. The Kier molecular flexibility index (Phi) is 3.78. The molecule has 3 aromatic heterocycles. The van der Waals surface area contributed by atoms with Crippen molar-refractivity contribution in [3.63, 3.8) is 0 Å². The maximum absolute atomic E-state index is 12.4. The molecule has 1 amide bonds. The zero-order valence-corrected chi connectivity index (χ0v) is 12.3. The predicted octanol–water partition coefficient (Wildman–Crippen LogP) is 0.353. The van der Waals surface area contributed by atoms with E-state index in [1.807, 2.05) is 29.9 Å². The van der Waals surface area contributed by atoms with E-state index in [1.165, 1.54) is 0 Å². The van der Waals surface area contributed by atoms with E-state index < -0.39 is 0 Å². The van der Waals surface area contributed by atoms with Crippen LogP contribution in [0.4, 0.5) is 0 Å². The number of nitrogens with one attached hydrogen (secondary N) is 1. The van der Waals surface area contributed by atoms with Crippen LogP contribution in [0.1, 0.15) is 0 Å². The summed E-state index contributed by atoms with van der Waals surface area (Å²) in [6, 6.07) is 5.58. The van der Waals surface area contributed by atoms with Gasteiger partial charge >= 0.3 is 0 Å². The highest BCUT2D eigenvalue weighted by atomic mass is 16.2. The van der Waals surface area contributed by atoms with Crippen LogP contribution < -0.4 is 10.9 Å². The molecular formula is C15H17N5O2. The Morgan fingerprint density at radius 3 is 2.86 bits per heavy atom. The molecule has 0 saturated heterocycles. The third-order valence-electron chi connectivity index (χ3n) is 3.54. The lowest BCUT2D eigenvalue weighted by Crippen LogP contribution is -2.33. The number of hydrogen-bond donors (Lipinski definition) is 1. The third kappa shape index (κ3) is 2.78. The molecule has 0 radical (unpaired) electrons. The van der Waals surface area contributed by atoms with Crippen molar-refractivity contribution in [3.8, 4) is 0 Å². The monoisotopic (exact) mass is 299 g/mol. The summed E-state index contributed by atoms with van der Waals surface area (Å²) in [5.41, 5.74) is 0.622. The molecule has 0 aliphatic rings. The van der Waals surface area contributed by atoms with E-state index in [4.69, 9.17) is 0 Å². The van der Waals surface area contributed by atoms with E-state index in [-0.39, 0.29) is 18.0 Å². The van der Waals surface area contributed by atoms with Crippen molar-refractivity contribution in [2.24, 2.45) is 7.05 Å². The summed E-state index contributed by atoms with van der Waals surface area (Å²) in [6.07, 6.45) is 6.97. The standard InChI is InChI=1S/C15H17N5O2/c1-18-8-3-12-4-9-19(15(22)14(12)18)10-6-16-13(21)11-20-7-2-5-17-20/h2-5,7-9H,6,10-11H2,1H3,(H,16,21). The van der Waals surface area contributed by atoms with Gasteiger partial charge in [0.15, 0.2) is 0 Å². The van der Waals surface area contributed by atoms with Crippen molar-refractivity contribution in [2.45, 2.75) is 13.1 Å². The van der Waals surface area contributed by atoms with Crippen LogP contribution in [-0.2, 0) is 24.9 Å². The van der Waals surface area contributed by atoms with Crippen molar-refractivity contribution in [1.82, 2.24) is 24.2 Å². The molecule has 3 aromatic rings. The van der Waals surface area contributed by atoms with Crippen LogP contribution in [0.5, 0.6) is 0 Å². The zero-order chi connectivity index (χ0) is 15.5. The molecule has 0 bridgehead atoms. The van der Waals surface area contributed by atoms with Crippen LogP contribution in [0.3, 0.4) is 0 Å². The second-order valence-corrected chi connectivity index (χ2v) is 5.10. The van der Waals surface area contributed by atoms with Crippen LogP contribution in [-0.4, -0.2) is 31.4 Å². The molecule has 7 heteroatoms. The highest BCUT2D eigenvalue weighted by Crippen LogP contribution is 2.09. The molecule has 22 heavy (non-hydrogen) atoms. The van der Waals surface area contributed by atoms with E-state index in [0.717, 1.165) is 5.39 Å². The number of pyridine rings is 1. The molecule has 0 unspecified atom stereocenters. The minimum absolute atomic E-state index is 0.0497. The SMILES string of the molecule is Cn1ccc2ccn(CCNC(=O)Cn3cccn3)c(=O)c21. The molecule has 3 heterocycles. The Morgan fingerprint density at radius 2 is 2.09 bits per heavy atom. The fourth-order valence-corrected chi connectivity index (χ4v) is 2.42. The predicted molar refractivity (Wildman–Crippen MR) is 82.4 cm³/mol. The molecule has 7 nitrogen and oxygen atoms in total. The van der Waals surface area contributed by atoms with Gasteiger partial charge in [0.05, 0.1) is 0 Å². The molecule has 1 N–H and O–H groups in total. The van der Waals surface area contributed by atoms with E-state index >= 15 is 0 Å². The van der Waals surface area contributed by atoms with E-state index in [9.17, 15) is 9.59 Å². The largest absolute Gasteiger partial charge is 0.353 e. The molecule has 0 saturated carbocycles. The van der Waals surface area contributed by atoms with Crippen molar-refractivity contribution in [3.05, 3.63) is 53.3 Å². The fourth-order valence-electron chi connectivity index (χ4n) is 2.42. The van der Waals surface area contributed by atoms with Gasteiger partial charge in [0, 0.05) is 50.3 Å². The molecule has 0 aliphatic carbocycles.